The highest BCUT2D eigenvalue weighted by molar-refractivity contribution is 8.01. The normalized spacial score (nSPS) is 12.4. The minimum atomic E-state index is 1.02. The van der Waals surface area contributed by atoms with Gasteiger partial charge in [-0.25, -0.2) is 0 Å². The molecular formula is C7H11NS. The number of hydrogen-bond donors (Lipinski definition) is 1. The van der Waals surface area contributed by atoms with Gasteiger partial charge in [-0.15, -0.1) is 0 Å². The lowest BCUT2D eigenvalue weighted by molar-refractivity contribution is 1.71. The Morgan fingerprint density at radius 3 is 2.67 bits per heavy atom. The molecule has 0 radical (unpaired) electrons. The average molecular weight is 141 g/mol. The van der Waals surface area contributed by atoms with Gasteiger partial charge < -0.3 is 0 Å². The van der Waals surface area contributed by atoms with Crippen molar-refractivity contribution in [1.29, 1.82) is 0 Å². The van der Waals surface area contributed by atoms with E-state index in [9.17, 15) is 0 Å². The maximum absolute atomic E-state index is 5.29. The second-order valence-electron chi connectivity index (χ2n) is 1.42. The third-order valence-corrected chi connectivity index (χ3v) is 1.29. The largest absolute Gasteiger partial charge is 0.274 e. The van der Waals surface area contributed by atoms with Gasteiger partial charge in [0.15, 0.2) is 0 Å². The molecule has 9 heavy (non-hydrogen) atoms. The standard InChI is InChI=1S/C7H11NS/c1-3-5-7(9-8)6-4-2/h3-6H,1,8H2,2H3/b6-4-,7-5+. The predicted octanol–water partition coefficient (Wildman–Crippen LogP) is 2.24. The summed E-state index contributed by atoms with van der Waals surface area (Å²) in [7, 11) is 0. The molecule has 0 amide bonds. The molecule has 0 bridgehead atoms. The summed E-state index contributed by atoms with van der Waals surface area (Å²) in [5, 5.41) is 5.29. The molecule has 0 unspecified atom stereocenters. The van der Waals surface area contributed by atoms with Crippen molar-refractivity contribution in [2.24, 2.45) is 5.14 Å². The first kappa shape index (κ1) is 8.53. The predicted molar refractivity (Wildman–Crippen MR) is 44.9 cm³/mol. The van der Waals surface area contributed by atoms with E-state index in [1.165, 1.54) is 11.9 Å². The molecule has 0 aliphatic rings. The molecule has 0 aliphatic heterocycles. The Morgan fingerprint density at radius 1 is 1.67 bits per heavy atom. The summed E-state index contributed by atoms with van der Waals surface area (Å²) in [6, 6.07) is 0. The van der Waals surface area contributed by atoms with Gasteiger partial charge in [0.25, 0.3) is 0 Å². The molecule has 0 saturated heterocycles. The molecule has 2 N–H and O–H groups in total. The van der Waals surface area contributed by atoms with Gasteiger partial charge in [-0.2, -0.15) is 0 Å². The summed E-state index contributed by atoms with van der Waals surface area (Å²) in [6.45, 7) is 5.50. The molecule has 2 heteroatoms. The monoisotopic (exact) mass is 141 g/mol. The van der Waals surface area contributed by atoms with Gasteiger partial charge in [0.1, 0.15) is 0 Å². The fourth-order valence-corrected chi connectivity index (χ4v) is 0.804. The quantitative estimate of drug-likeness (QED) is 0.482. The lowest BCUT2D eigenvalue weighted by Crippen LogP contribution is -1.77. The molecule has 50 valence electrons. The van der Waals surface area contributed by atoms with E-state index in [0.717, 1.165) is 4.91 Å². The maximum atomic E-state index is 5.29. The third kappa shape index (κ3) is 4.06. The first-order valence-electron chi connectivity index (χ1n) is 2.67. The van der Waals surface area contributed by atoms with Crippen molar-refractivity contribution in [3.05, 3.63) is 35.8 Å². The zero-order valence-electron chi connectivity index (χ0n) is 5.50. The Bertz CT molecular complexity index is 136. The van der Waals surface area contributed by atoms with Crippen LogP contribution in [0.15, 0.2) is 35.8 Å². The average Bonchev–Trinajstić information content (AvgIpc) is 1.88. The van der Waals surface area contributed by atoms with E-state index >= 15 is 0 Å². The Kier molecular flexibility index (Phi) is 5.37. The Labute approximate surface area is 60.5 Å². The Hall–Kier alpha value is -0.470. The van der Waals surface area contributed by atoms with Gasteiger partial charge in [-0.1, -0.05) is 24.8 Å². The maximum Gasteiger partial charge on any atom is 0.0222 e. The lowest BCUT2D eigenvalue weighted by Gasteiger charge is -1.89. The molecule has 0 heterocycles. The highest BCUT2D eigenvalue weighted by Gasteiger charge is 1.82. The van der Waals surface area contributed by atoms with E-state index in [1.807, 2.05) is 25.2 Å². The fourth-order valence-electron chi connectivity index (χ4n) is 0.415. The molecule has 0 aliphatic carbocycles. The van der Waals surface area contributed by atoms with Gasteiger partial charge in [0.2, 0.25) is 0 Å². The summed E-state index contributed by atoms with van der Waals surface area (Å²) >= 11 is 1.22. The first-order valence-corrected chi connectivity index (χ1v) is 3.55. The van der Waals surface area contributed by atoms with Gasteiger partial charge in [0.05, 0.1) is 0 Å². The minimum Gasteiger partial charge on any atom is -0.274 e. The van der Waals surface area contributed by atoms with Crippen molar-refractivity contribution in [1.82, 2.24) is 0 Å². The molecule has 0 rings (SSSR count). The van der Waals surface area contributed by atoms with E-state index in [0.29, 0.717) is 0 Å². The van der Waals surface area contributed by atoms with Crippen LogP contribution in [0.2, 0.25) is 0 Å². The van der Waals surface area contributed by atoms with Gasteiger partial charge in [-0.3, -0.25) is 5.14 Å². The van der Waals surface area contributed by atoms with Crippen LogP contribution in [-0.2, 0) is 0 Å². The minimum absolute atomic E-state index is 1.02. The van der Waals surface area contributed by atoms with Crippen LogP contribution in [-0.4, -0.2) is 0 Å². The summed E-state index contributed by atoms with van der Waals surface area (Å²) < 4.78 is 0. The summed E-state index contributed by atoms with van der Waals surface area (Å²) in [5.74, 6) is 0. The van der Waals surface area contributed by atoms with Crippen LogP contribution >= 0.6 is 11.9 Å². The van der Waals surface area contributed by atoms with E-state index in [4.69, 9.17) is 5.14 Å². The van der Waals surface area contributed by atoms with Crippen LogP contribution in [0.3, 0.4) is 0 Å². The highest BCUT2D eigenvalue weighted by atomic mass is 32.2. The summed E-state index contributed by atoms with van der Waals surface area (Å²) in [4.78, 5) is 1.02. The second-order valence-corrected chi connectivity index (χ2v) is 2.13. The van der Waals surface area contributed by atoms with Gasteiger partial charge in [-0.05, 0) is 24.9 Å². The van der Waals surface area contributed by atoms with E-state index in [1.54, 1.807) is 6.08 Å². The van der Waals surface area contributed by atoms with Crippen LogP contribution < -0.4 is 5.14 Å². The molecule has 0 aromatic heterocycles. The van der Waals surface area contributed by atoms with Gasteiger partial charge in [0, 0.05) is 4.91 Å². The van der Waals surface area contributed by atoms with Crippen molar-refractivity contribution in [3.8, 4) is 0 Å². The second kappa shape index (κ2) is 5.66. The number of nitrogens with two attached hydrogens (primary N) is 1. The molecule has 0 aromatic carbocycles. The van der Waals surface area contributed by atoms with E-state index in [2.05, 4.69) is 6.58 Å². The molecular weight excluding hydrogens is 130 g/mol. The van der Waals surface area contributed by atoms with Crippen LogP contribution in [0.1, 0.15) is 6.92 Å². The third-order valence-electron chi connectivity index (χ3n) is 0.749. The van der Waals surface area contributed by atoms with Crippen LogP contribution in [0.5, 0.6) is 0 Å². The fraction of sp³-hybridized carbons (Fsp3) is 0.143. The molecule has 0 atom stereocenters. The zero-order chi connectivity index (χ0) is 7.11. The van der Waals surface area contributed by atoms with Crippen LogP contribution in [0.4, 0.5) is 0 Å². The van der Waals surface area contributed by atoms with Crippen LogP contribution in [0.25, 0.3) is 0 Å². The van der Waals surface area contributed by atoms with Crippen molar-refractivity contribution >= 4 is 11.9 Å². The van der Waals surface area contributed by atoms with Crippen molar-refractivity contribution in [2.45, 2.75) is 6.92 Å². The zero-order valence-corrected chi connectivity index (χ0v) is 6.32. The summed E-state index contributed by atoms with van der Waals surface area (Å²) in [5.41, 5.74) is 0. The van der Waals surface area contributed by atoms with E-state index in [-0.39, 0.29) is 0 Å². The number of allylic oxidation sites excluding steroid dienone is 4. The molecule has 0 aromatic rings. The molecule has 0 spiro atoms. The number of rotatable bonds is 3. The Balaban J connectivity index is 3.96. The van der Waals surface area contributed by atoms with Crippen molar-refractivity contribution in [3.63, 3.8) is 0 Å². The van der Waals surface area contributed by atoms with E-state index < -0.39 is 0 Å². The Morgan fingerprint density at radius 2 is 2.33 bits per heavy atom. The lowest BCUT2D eigenvalue weighted by atomic mass is 10.4. The molecule has 0 fully saturated rings. The number of hydrogen-bond acceptors (Lipinski definition) is 2. The first-order chi connectivity index (χ1) is 4.35. The smallest absolute Gasteiger partial charge is 0.0222 e. The van der Waals surface area contributed by atoms with Gasteiger partial charge >= 0.3 is 0 Å². The molecule has 0 saturated carbocycles. The highest BCUT2D eigenvalue weighted by Crippen LogP contribution is 2.08. The SMILES string of the molecule is C=C/C=C(\C=C/C)SN. The van der Waals surface area contributed by atoms with Crippen molar-refractivity contribution in [2.75, 3.05) is 0 Å². The summed E-state index contributed by atoms with van der Waals surface area (Å²) in [6.07, 6.45) is 7.46. The molecule has 1 nitrogen and oxygen atoms in total. The van der Waals surface area contributed by atoms with Crippen molar-refractivity contribution < 1.29 is 0 Å². The topological polar surface area (TPSA) is 26.0 Å². The van der Waals surface area contributed by atoms with Crippen LogP contribution in [0, 0.1) is 0 Å².